The highest BCUT2D eigenvalue weighted by atomic mass is 15.2. The van der Waals surface area contributed by atoms with Gasteiger partial charge in [-0.15, -0.1) is 0 Å². The van der Waals surface area contributed by atoms with Gasteiger partial charge in [0, 0.05) is 6.04 Å². The highest BCUT2D eigenvalue weighted by Crippen LogP contribution is 2.22. The summed E-state index contributed by atoms with van der Waals surface area (Å²) in [6, 6.07) is 0.323. The number of rotatable bonds is 1. The summed E-state index contributed by atoms with van der Waals surface area (Å²) in [4.78, 5) is 12.9. The fourth-order valence-electron chi connectivity index (χ4n) is 1.84. The molecule has 2 aromatic rings. The predicted octanol–water partition coefficient (Wildman–Crippen LogP) is 1.61. The molecule has 0 atom stereocenters. The number of aryl methyl sites for hydroxylation is 2. The van der Waals surface area contributed by atoms with Gasteiger partial charge in [-0.1, -0.05) is 0 Å². The monoisotopic (exact) mass is 205 g/mol. The second kappa shape index (κ2) is 3.18. The summed E-state index contributed by atoms with van der Waals surface area (Å²) in [5.74, 6) is 2.06. The molecule has 0 amide bonds. The summed E-state index contributed by atoms with van der Waals surface area (Å²) in [6.07, 6.45) is 0. The van der Waals surface area contributed by atoms with Crippen molar-refractivity contribution in [3.63, 3.8) is 0 Å². The van der Waals surface area contributed by atoms with Crippen LogP contribution in [0.15, 0.2) is 0 Å². The summed E-state index contributed by atoms with van der Waals surface area (Å²) >= 11 is 0. The largest absolute Gasteiger partial charge is 0.382 e. The van der Waals surface area contributed by atoms with Crippen LogP contribution < -0.4 is 5.73 Å². The average Bonchev–Trinajstić information content (AvgIpc) is 2.41. The number of nitrogen functional groups attached to an aromatic ring is 1. The van der Waals surface area contributed by atoms with Crippen LogP contribution in [0.2, 0.25) is 0 Å². The van der Waals surface area contributed by atoms with Crippen molar-refractivity contribution in [3.05, 3.63) is 11.6 Å². The van der Waals surface area contributed by atoms with E-state index in [1.165, 1.54) is 0 Å². The average molecular weight is 205 g/mol. The third-order valence-corrected chi connectivity index (χ3v) is 2.37. The minimum atomic E-state index is 0.323. The maximum atomic E-state index is 5.81. The SMILES string of the molecule is Cc1nc(N)c2nc(C)n(C(C)C)c2n1. The molecule has 0 aliphatic carbocycles. The third kappa shape index (κ3) is 1.44. The zero-order chi connectivity index (χ0) is 11.2. The molecule has 5 nitrogen and oxygen atoms in total. The number of fused-ring (bicyclic) bond motifs is 1. The van der Waals surface area contributed by atoms with E-state index in [4.69, 9.17) is 5.73 Å². The van der Waals surface area contributed by atoms with Gasteiger partial charge in [0.25, 0.3) is 0 Å². The number of aromatic nitrogens is 4. The topological polar surface area (TPSA) is 69.6 Å². The number of anilines is 1. The first kappa shape index (κ1) is 9.89. The zero-order valence-corrected chi connectivity index (χ0v) is 9.44. The molecule has 0 radical (unpaired) electrons. The van der Waals surface area contributed by atoms with Crippen molar-refractivity contribution in [2.75, 3.05) is 5.73 Å². The molecule has 0 aliphatic rings. The number of hydrogen-bond acceptors (Lipinski definition) is 4. The molecule has 2 rings (SSSR count). The molecule has 0 bridgehead atoms. The van der Waals surface area contributed by atoms with E-state index in [9.17, 15) is 0 Å². The maximum Gasteiger partial charge on any atom is 0.166 e. The second-order valence-corrected chi connectivity index (χ2v) is 3.95. The molecule has 0 unspecified atom stereocenters. The molecule has 15 heavy (non-hydrogen) atoms. The first-order valence-electron chi connectivity index (χ1n) is 4.99. The molecule has 5 heteroatoms. The Kier molecular flexibility index (Phi) is 2.10. The minimum Gasteiger partial charge on any atom is -0.382 e. The molecule has 2 N–H and O–H groups in total. The molecule has 0 saturated carbocycles. The van der Waals surface area contributed by atoms with E-state index in [1.54, 1.807) is 0 Å². The highest BCUT2D eigenvalue weighted by Gasteiger charge is 2.14. The van der Waals surface area contributed by atoms with Gasteiger partial charge in [0.1, 0.15) is 11.6 Å². The lowest BCUT2D eigenvalue weighted by Crippen LogP contribution is -2.05. The van der Waals surface area contributed by atoms with E-state index in [2.05, 4.69) is 33.4 Å². The van der Waals surface area contributed by atoms with E-state index in [0.717, 1.165) is 11.5 Å². The fraction of sp³-hybridized carbons (Fsp3) is 0.500. The molecule has 0 spiro atoms. The Bertz CT molecular complexity index is 512. The van der Waals surface area contributed by atoms with Crippen molar-refractivity contribution in [3.8, 4) is 0 Å². The summed E-state index contributed by atoms with van der Waals surface area (Å²) in [7, 11) is 0. The van der Waals surface area contributed by atoms with Crippen LogP contribution >= 0.6 is 0 Å². The van der Waals surface area contributed by atoms with Crippen LogP contribution in [0.1, 0.15) is 31.5 Å². The van der Waals surface area contributed by atoms with E-state index in [0.29, 0.717) is 23.2 Å². The van der Waals surface area contributed by atoms with Gasteiger partial charge in [-0.2, -0.15) is 0 Å². The summed E-state index contributed by atoms with van der Waals surface area (Å²) < 4.78 is 2.07. The third-order valence-electron chi connectivity index (χ3n) is 2.37. The lowest BCUT2D eigenvalue weighted by molar-refractivity contribution is 0.595. The molecule has 0 aliphatic heterocycles. The van der Waals surface area contributed by atoms with E-state index >= 15 is 0 Å². The first-order chi connectivity index (χ1) is 7.00. The van der Waals surface area contributed by atoms with Gasteiger partial charge in [-0.05, 0) is 27.7 Å². The normalized spacial score (nSPS) is 11.5. The Morgan fingerprint density at radius 1 is 1.13 bits per heavy atom. The van der Waals surface area contributed by atoms with Crippen LogP contribution in [0.4, 0.5) is 5.82 Å². The van der Waals surface area contributed by atoms with Crippen molar-refractivity contribution in [1.29, 1.82) is 0 Å². The zero-order valence-electron chi connectivity index (χ0n) is 9.44. The maximum absolute atomic E-state index is 5.81. The van der Waals surface area contributed by atoms with Gasteiger partial charge >= 0.3 is 0 Å². The van der Waals surface area contributed by atoms with Crippen LogP contribution in [0.5, 0.6) is 0 Å². The Labute approximate surface area is 88.4 Å². The van der Waals surface area contributed by atoms with Crippen molar-refractivity contribution < 1.29 is 0 Å². The van der Waals surface area contributed by atoms with Crippen molar-refractivity contribution in [1.82, 2.24) is 19.5 Å². The van der Waals surface area contributed by atoms with Crippen LogP contribution in [0, 0.1) is 13.8 Å². The second-order valence-electron chi connectivity index (χ2n) is 3.95. The molecule has 2 heterocycles. The molecule has 2 aromatic heterocycles. The Morgan fingerprint density at radius 2 is 1.80 bits per heavy atom. The molecule has 80 valence electrons. The van der Waals surface area contributed by atoms with Gasteiger partial charge in [0.2, 0.25) is 0 Å². The van der Waals surface area contributed by atoms with Gasteiger partial charge in [0.05, 0.1) is 0 Å². The summed E-state index contributed by atoms with van der Waals surface area (Å²) in [5.41, 5.74) is 7.34. The number of hydrogen-bond donors (Lipinski definition) is 1. The number of imidazole rings is 1. The lowest BCUT2D eigenvalue weighted by atomic mass is 10.3. The van der Waals surface area contributed by atoms with Gasteiger partial charge in [0.15, 0.2) is 17.0 Å². The number of nitrogens with zero attached hydrogens (tertiary/aromatic N) is 4. The highest BCUT2D eigenvalue weighted by molar-refractivity contribution is 5.82. The predicted molar refractivity (Wildman–Crippen MR) is 59.6 cm³/mol. The van der Waals surface area contributed by atoms with E-state index in [-0.39, 0.29) is 0 Å². The lowest BCUT2D eigenvalue weighted by Gasteiger charge is -2.09. The minimum absolute atomic E-state index is 0.323. The van der Waals surface area contributed by atoms with Crippen molar-refractivity contribution >= 4 is 17.0 Å². The Balaban J connectivity index is 2.86. The van der Waals surface area contributed by atoms with E-state index in [1.807, 2.05) is 13.8 Å². The van der Waals surface area contributed by atoms with Gasteiger partial charge < -0.3 is 10.3 Å². The standard InChI is InChI=1S/C10H15N5/c1-5(2)15-7(4)14-8-9(11)12-6(3)13-10(8)15/h5H,1-4H3,(H2,11,12,13). The van der Waals surface area contributed by atoms with Crippen LogP contribution in [-0.4, -0.2) is 19.5 Å². The molecule has 0 aromatic carbocycles. The molecule has 0 fully saturated rings. The molecular formula is C10H15N5. The van der Waals surface area contributed by atoms with Crippen LogP contribution in [0.25, 0.3) is 11.2 Å². The van der Waals surface area contributed by atoms with Crippen LogP contribution in [-0.2, 0) is 0 Å². The molecule has 0 saturated heterocycles. The fourth-order valence-corrected chi connectivity index (χ4v) is 1.84. The van der Waals surface area contributed by atoms with Gasteiger partial charge in [-0.25, -0.2) is 15.0 Å². The van der Waals surface area contributed by atoms with E-state index < -0.39 is 0 Å². The Hall–Kier alpha value is -1.65. The van der Waals surface area contributed by atoms with Crippen molar-refractivity contribution in [2.45, 2.75) is 33.7 Å². The van der Waals surface area contributed by atoms with Crippen LogP contribution in [0.3, 0.4) is 0 Å². The number of nitrogens with two attached hydrogens (primary N) is 1. The first-order valence-corrected chi connectivity index (χ1v) is 4.99. The quantitative estimate of drug-likeness (QED) is 0.767. The summed E-state index contributed by atoms with van der Waals surface area (Å²) in [5, 5.41) is 0. The van der Waals surface area contributed by atoms with Gasteiger partial charge in [-0.3, -0.25) is 0 Å². The van der Waals surface area contributed by atoms with Crippen molar-refractivity contribution in [2.24, 2.45) is 0 Å². The smallest absolute Gasteiger partial charge is 0.166 e. The Morgan fingerprint density at radius 3 is 2.40 bits per heavy atom. The molecular weight excluding hydrogens is 190 g/mol. The summed E-state index contributed by atoms with van der Waals surface area (Å²) in [6.45, 7) is 7.99.